The Hall–Kier alpha value is -2.80. The maximum absolute atomic E-state index is 13.5. The summed E-state index contributed by atoms with van der Waals surface area (Å²) in [6.07, 6.45) is -4.79. The van der Waals surface area contributed by atoms with E-state index >= 15 is 0 Å². The molecule has 1 N–H and O–H groups in total. The number of benzene rings is 1. The summed E-state index contributed by atoms with van der Waals surface area (Å²) in [6, 6.07) is 2.46. The first-order valence-corrected chi connectivity index (χ1v) is 10.2. The van der Waals surface area contributed by atoms with Gasteiger partial charge in [-0.15, -0.1) is 23.4 Å². The second-order valence-corrected chi connectivity index (χ2v) is 7.86. The highest BCUT2D eigenvalue weighted by atomic mass is 19.4. The minimum absolute atomic E-state index is 0.144. The molecule has 0 unspecified atom stereocenters. The molecule has 4 rings (SSSR count). The fourth-order valence-electron chi connectivity index (χ4n) is 3.66. The van der Waals surface area contributed by atoms with Crippen molar-refractivity contribution < 1.29 is 45.4 Å². The van der Waals surface area contributed by atoms with Crippen molar-refractivity contribution in [3.8, 4) is 5.75 Å². The molecule has 1 saturated carbocycles. The van der Waals surface area contributed by atoms with Gasteiger partial charge in [-0.1, -0.05) is 0 Å². The van der Waals surface area contributed by atoms with Crippen molar-refractivity contribution in [2.24, 2.45) is 0 Å². The van der Waals surface area contributed by atoms with Crippen molar-refractivity contribution in [3.05, 3.63) is 41.6 Å². The zero-order valence-corrected chi connectivity index (χ0v) is 17.1. The third kappa shape index (κ3) is 6.16. The number of aromatic nitrogens is 2. The van der Waals surface area contributed by atoms with E-state index < -0.39 is 42.7 Å². The lowest BCUT2D eigenvalue weighted by Crippen LogP contribution is -2.43. The SMILES string of the molecule is O=C(COc1ccc(F)cc1F)N[C@H]1CC[C@H](c2nnc([C@H]3C[C@@H](OC(F)(F)F)C3)o2)OC1. The van der Waals surface area contributed by atoms with Crippen LogP contribution in [0.1, 0.15) is 49.5 Å². The van der Waals surface area contributed by atoms with Crippen LogP contribution in [0.4, 0.5) is 22.0 Å². The van der Waals surface area contributed by atoms with Crippen LogP contribution in [0.2, 0.25) is 0 Å². The van der Waals surface area contributed by atoms with Crippen LogP contribution in [0.15, 0.2) is 22.6 Å². The van der Waals surface area contributed by atoms with E-state index in [0.717, 1.165) is 12.1 Å². The lowest BCUT2D eigenvalue weighted by Gasteiger charge is -2.33. The Morgan fingerprint density at radius 1 is 1.15 bits per heavy atom. The molecule has 180 valence electrons. The van der Waals surface area contributed by atoms with Gasteiger partial charge in [0.25, 0.3) is 5.91 Å². The summed E-state index contributed by atoms with van der Waals surface area (Å²) in [5.74, 6) is -2.20. The van der Waals surface area contributed by atoms with Crippen LogP contribution in [0.5, 0.6) is 5.75 Å². The van der Waals surface area contributed by atoms with Gasteiger partial charge in [0.1, 0.15) is 11.9 Å². The van der Waals surface area contributed by atoms with E-state index in [2.05, 4.69) is 20.3 Å². The molecule has 1 aromatic carbocycles. The smallest absolute Gasteiger partial charge is 0.481 e. The molecule has 8 nitrogen and oxygen atoms in total. The number of halogens is 5. The normalized spacial score (nSPS) is 25.4. The van der Waals surface area contributed by atoms with Crippen molar-refractivity contribution in [1.82, 2.24) is 15.5 Å². The number of amides is 1. The number of nitrogens with one attached hydrogen (secondary N) is 1. The van der Waals surface area contributed by atoms with Crippen molar-refractivity contribution in [2.45, 2.75) is 56.2 Å². The van der Waals surface area contributed by atoms with E-state index in [1.165, 1.54) is 0 Å². The van der Waals surface area contributed by atoms with Crippen molar-refractivity contribution in [1.29, 1.82) is 0 Å². The highest BCUT2D eigenvalue weighted by molar-refractivity contribution is 5.77. The van der Waals surface area contributed by atoms with Crippen LogP contribution in [0.25, 0.3) is 0 Å². The Labute approximate surface area is 184 Å². The van der Waals surface area contributed by atoms with Crippen LogP contribution in [-0.2, 0) is 14.3 Å². The molecule has 33 heavy (non-hydrogen) atoms. The summed E-state index contributed by atoms with van der Waals surface area (Å²) in [7, 11) is 0. The minimum atomic E-state index is -4.67. The van der Waals surface area contributed by atoms with Crippen LogP contribution in [0.3, 0.4) is 0 Å². The van der Waals surface area contributed by atoms with E-state index in [1.54, 1.807) is 0 Å². The molecule has 1 aliphatic heterocycles. The Morgan fingerprint density at radius 3 is 2.58 bits per heavy atom. The van der Waals surface area contributed by atoms with E-state index in [9.17, 15) is 26.7 Å². The van der Waals surface area contributed by atoms with Crippen LogP contribution in [0, 0.1) is 11.6 Å². The second-order valence-electron chi connectivity index (χ2n) is 7.86. The van der Waals surface area contributed by atoms with Crippen LogP contribution in [-0.4, -0.2) is 47.8 Å². The summed E-state index contributed by atoms with van der Waals surface area (Å²) in [5, 5.41) is 10.5. The Kier molecular flexibility index (Phi) is 6.79. The number of alkyl halides is 3. The van der Waals surface area contributed by atoms with Crippen molar-refractivity contribution >= 4 is 5.91 Å². The molecular formula is C20H20F5N3O5. The van der Waals surface area contributed by atoms with Gasteiger partial charge >= 0.3 is 6.36 Å². The van der Waals surface area contributed by atoms with Crippen LogP contribution < -0.4 is 10.1 Å². The summed E-state index contributed by atoms with van der Waals surface area (Å²) < 4.78 is 83.3. The van der Waals surface area contributed by atoms with Gasteiger partial charge in [-0.25, -0.2) is 8.78 Å². The standard InChI is InChI=1S/C20H20F5N3O5/c21-11-1-3-15(14(22)7-11)31-9-17(29)26-12-2-4-16(30-8-12)19-28-27-18(32-19)10-5-13(6-10)33-20(23,24)25/h1,3,7,10,12-13,16H,2,4-6,8-9H2,(H,26,29)/t10-,12-,13+,16+/m0/s1. The number of hydrogen-bond donors (Lipinski definition) is 1. The summed E-state index contributed by atoms with van der Waals surface area (Å²) in [6.45, 7) is -0.292. The van der Waals surface area contributed by atoms with E-state index in [1.807, 2.05) is 0 Å². The van der Waals surface area contributed by atoms with Crippen LogP contribution >= 0.6 is 0 Å². The molecule has 0 radical (unpaired) electrons. The third-order valence-corrected chi connectivity index (χ3v) is 5.37. The molecule has 1 aromatic heterocycles. The highest BCUT2D eigenvalue weighted by Gasteiger charge is 2.42. The molecule has 0 spiro atoms. The molecule has 2 aliphatic rings. The lowest BCUT2D eigenvalue weighted by molar-refractivity contribution is -0.352. The fourth-order valence-corrected chi connectivity index (χ4v) is 3.66. The number of hydrogen-bond acceptors (Lipinski definition) is 7. The first-order chi connectivity index (χ1) is 15.7. The topological polar surface area (TPSA) is 95.7 Å². The van der Waals surface area contributed by atoms with E-state index in [0.29, 0.717) is 18.9 Å². The largest absolute Gasteiger partial charge is 0.522 e. The average molecular weight is 477 g/mol. The maximum Gasteiger partial charge on any atom is 0.522 e. The number of ether oxygens (including phenoxy) is 3. The number of carbonyl (C=O) groups is 1. The van der Waals surface area contributed by atoms with Gasteiger partial charge in [0.15, 0.2) is 18.2 Å². The Balaban J connectivity index is 1.18. The molecule has 13 heteroatoms. The summed E-state index contributed by atoms with van der Waals surface area (Å²) in [5.41, 5.74) is 0. The van der Waals surface area contributed by atoms with Crippen molar-refractivity contribution in [2.75, 3.05) is 13.2 Å². The molecule has 2 heterocycles. The predicted molar refractivity (Wildman–Crippen MR) is 98.9 cm³/mol. The molecule has 1 aliphatic carbocycles. The van der Waals surface area contributed by atoms with Gasteiger partial charge in [0.05, 0.1) is 18.8 Å². The fraction of sp³-hybridized carbons (Fsp3) is 0.550. The summed E-state index contributed by atoms with van der Waals surface area (Å²) in [4.78, 5) is 12.0. The third-order valence-electron chi connectivity index (χ3n) is 5.37. The minimum Gasteiger partial charge on any atom is -0.481 e. The number of nitrogens with zero attached hydrogens (tertiary/aromatic N) is 2. The van der Waals surface area contributed by atoms with Crippen molar-refractivity contribution in [3.63, 3.8) is 0 Å². The van der Waals surface area contributed by atoms with E-state index in [4.69, 9.17) is 13.9 Å². The monoisotopic (exact) mass is 477 g/mol. The summed E-state index contributed by atoms with van der Waals surface area (Å²) >= 11 is 0. The average Bonchev–Trinajstić information content (AvgIpc) is 3.19. The quantitative estimate of drug-likeness (QED) is 0.610. The van der Waals surface area contributed by atoms with Gasteiger partial charge < -0.3 is 19.2 Å². The first kappa shape index (κ1) is 23.4. The molecule has 2 fully saturated rings. The number of carbonyl (C=O) groups excluding carboxylic acids is 1. The molecule has 2 aromatic rings. The van der Waals surface area contributed by atoms with Gasteiger partial charge in [0, 0.05) is 12.0 Å². The molecule has 0 bridgehead atoms. The lowest BCUT2D eigenvalue weighted by atomic mass is 9.82. The van der Waals surface area contributed by atoms with Gasteiger partial charge in [0.2, 0.25) is 11.8 Å². The zero-order valence-electron chi connectivity index (χ0n) is 17.1. The Morgan fingerprint density at radius 2 is 1.91 bits per heavy atom. The molecular weight excluding hydrogens is 457 g/mol. The zero-order chi connectivity index (χ0) is 23.6. The Bertz CT molecular complexity index is 971. The first-order valence-electron chi connectivity index (χ1n) is 10.2. The highest BCUT2D eigenvalue weighted by Crippen LogP contribution is 2.41. The van der Waals surface area contributed by atoms with Gasteiger partial charge in [-0.3, -0.25) is 9.53 Å². The second kappa shape index (κ2) is 9.59. The maximum atomic E-state index is 13.5. The molecule has 1 saturated heterocycles. The van der Waals surface area contributed by atoms with E-state index in [-0.39, 0.29) is 48.9 Å². The molecule has 1 amide bonds. The number of rotatable bonds is 7. The molecule has 2 atom stereocenters. The van der Waals surface area contributed by atoms with Gasteiger partial charge in [-0.2, -0.15) is 0 Å². The van der Waals surface area contributed by atoms with Gasteiger partial charge in [-0.05, 0) is 37.8 Å². The predicted octanol–water partition coefficient (Wildman–Crippen LogP) is 3.55.